The summed E-state index contributed by atoms with van der Waals surface area (Å²) in [5, 5.41) is 2.40. The van der Waals surface area contributed by atoms with Crippen molar-refractivity contribution in [2.24, 2.45) is 11.8 Å². The summed E-state index contributed by atoms with van der Waals surface area (Å²) in [6, 6.07) is 0.838. The molecular formula is C5H12N2+2. The van der Waals surface area contributed by atoms with E-state index in [4.69, 9.17) is 0 Å². The third kappa shape index (κ3) is 0.359. The van der Waals surface area contributed by atoms with Gasteiger partial charge >= 0.3 is 0 Å². The van der Waals surface area contributed by atoms with Gasteiger partial charge in [0.05, 0.1) is 24.9 Å². The first-order valence-electron chi connectivity index (χ1n) is 3.04. The Hall–Kier alpha value is -0.0800. The summed E-state index contributed by atoms with van der Waals surface area (Å²) >= 11 is 0. The summed E-state index contributed by atoms with van der Waals surface area (Å²) in [6.07, 6.45) is 0. The molecule has 2 fully saturated rings. The zero-order chi connectivity index (χ0) is 4.85. The van der Waals surface area contributed by atoms with Crippen molar-refractivity contribution >= 4 is 0 Å². The molecule has 1 aliphatic heterocycles. The van der Waals surface area contributed by atoms with E-state index in [1.165, 1.54) is 13.1 Å². The maximum atomic E-state index is 4.01. The van der Waals surface area contributed by atoms with Crippen molar-refractivity contribution in [3.05, 3.63) is 0 Å². The monoisotopic (exact) mass is 100 g/mol. The molecule has 1 saturated heterocycles. The highest BCUT2D eigenvalue weighted by atomic mass is 15.0. The molecule has 2 aliphatic rings. The predicted molar refractivity (Wildman–Crippen MR) is 25.3 cm³/mol. The van der Waals surface area contributed by atoms with Crippen LogP contribution in [0.4, 0.5) is 0 Å². The van der Waals surface area contributed by atoms with Gasteiger partial charge in [0.15, 0.2) is 0 Å². The molecule has 0 amide bonds. The van der Waals surface area contributed by atoms with E-state index in [0.29, 0.717) is 0 Å². The van der Waals surface area contributed by atoms with E-state index >= 15 is 0 Å². The van der Waals surface area contributed by atoms with Gasteiger partial charge in [-0.1, -0.05) is 0 Å². The highest BCUT2D eigenvalue weighted by molar-refractivity contribution is 4.97. The Balaban J connectivity index is 2.06. The lowest BCUT2D eigenvalue weighted by Crippen LogP contribution is -2.84. The molecule has 0 spiro atoms. The van der Waals surface area contributed by atoms with Gasteiger partial charge in [-0.05, 0) is 0 Å². The standard InChI is InChI=1S/C5H10N2/c6-5-3-1-7-2-4(3)5/h3-5,7H,1-2,6H2/p+2/t3-,4+,5?. The highest BCUT2D eigenvalue weighted by Gasteiger charge is 2.57. The summed E-state index contributed by atoms with van der Waals surface area (Å²) < 4.78 is 0. The Labute approximate surface area is 43.1 Å². The van der Waals surface area contributed by atoms with Crippen molar-refractivity contribution in [3.63, 3.8) is 0 Å². The van der Waals surface area contributed by atoms with E-state index < -0.39 is 0 Å². The molecule has 2 heteroatoms. The topological polar surface area (TPSA) is 44.2 Å². The van der Waals surface area contributed by atoms with Gasteiger partial charge in [0.2, 0.25) is 0 Å². The van der Waals surface area contributed by atoms with Crippen LogP contribution in [-0.4, -0.2) is 19.1 Å². The van der Waals surface area contributed by atoms with Crippen LogP contribution in [-0.2, 0) is 0 Å². The number of fused-ring (bicyclic) bond motifs is 1. The van der Waals surface area contributed by atoms with E-state index in [1.54, 1.807) is 0 Å². The summed E-state index contributed by atoms with van der Waals surface area (Å²) in [5.74, 6) is 2.03. The number of hydrogen-bond donors (Lipinski definition) is 2. The molecule has 3 atom stereocenters. The molecule has 1 heterocycles. The van der Waals surface area contributed by atoms with Gasteiger partial charge in [0.1, 0.15) is 6.04 Å². The van der Waals surface area contributed by atoms with Crippen molar-refractivity contribution in [2.75, 3.05) is 13.1 Å². The van der Waals surface area contributed by atoms with Crippen molar-refractivity contribution in [1.29, 1.82) is 0 Å². The van der Waals surface area contributed by atoms with Crippen LogP contribution < -0.4 is 11.1 Å². The summed E-state index contributed by atoms with van der Waals surface area (Å²) in [6.45, 7) is 2.72. The molecule has 0 aromatic heterocycles. The van der Waals surface area contributed by atoms with Crippen molar-refractivity contribution in [2.45, 2.75) is 6.04 Å². The first kappa shape index (κ1) is 3.87. The molecule has 0 aromatic carbocycles. The summed E-state index contributed by atoms with van der Waals surface area (Å²) in [5.41, 5.74) is 4.01. The van der Waals surface area contributed by atoms with Gasteiger partial charge < -0.3 is 11.1 Å². The number of quaternary nitrogens is 2. The first-order chi connectivity index (χ1) is 3.39. The van der Waals surface area contributed by atoms with Gasteiger partial charge in [-0.3, -0.25) is 0 Å². The minimum Gasteiger partial charge on any atom is -0.354 e. The van der Waals surface area contributed by atoms with E-state index in [1.807, 2.05) is 0 Å². The Morgan fingerprint density at radius 1 is 1.29 bits per heavy atom. The minimum absolute atomic E-state index is 0.838. The molecule has 2 rings (SSSR count). The lowest BCUT2D eigenvalue weighted by molar-refractivity contribution is -0.651. The number of piperidine rings is 1. The Morgan fingerprint density at radius 2 is 1.86 bits per heavy atom. The fraction of sp³-hybridized carbons (Fsp3) is 1.00. The number of nitrogens with two attached hydrogens (primary N) is 1. The van der Waals surface area contributed by atoms with Gasteiger partial charge in [0.25, 0.3) is 0 Å². The molecular weight excluding hydrogens is 88.1 g/mol. The maximum Gasteiger partial charge on any atom is 0.102 e. The molecule has 0 aromatic rings. The van der Waals surface area contributed by atoms with Crippen LogP contribution in [0.1, 0.15) is 0 Å². The molecule has 1 aliphatic carbocycles. The third-order valence-electron chi connectivity index (χ3n) is 2.39. The van der Waals surface area contributed by atoms with E-state index in [0.717, 1.165) is 17.9 Å². The van der Waals surface area contributed by atoms with Crippen molar-refractivity contribution < 1.29 is 11.1 Å². The van der Waals surface area contributed by atoms with Crippen LogP contribution in [0.2, 0.25) is 0 Å². The second-order valence-corrected chi connectivity index (χ2v) is 2.75. The number of hydrogen-bond acceptors (Lipinski definition) is 0. The normalized spacial score (nSPS) is 57.0. The van der Waals surface area contributed by atoms with E-state index in [-0.39, 0.29) is 0 Å². The average molecular weight is 100 g/mol. The fourth-order valence-electron chi connectivity index (χ4n) is 1.70. The van der Waals surface area contributed by atoms with E-state index in [2.05, 4.69) is 11.1 Å². The lowest BCUT2D eigenvalue weighted by atomic mass is 10.4. The Kier molecular flexibility index (Phi) is 0.557. The van der Waals surface area contributed by atoms with Crippen LogP contribution in [0.3, 0.4) is 0 Å². The van der Waals surface area contributed by atoms with Gasteiger partial charge in [0, 0.05) is 0 Å². The Morgan fingerprint density at radius 3 is 2.14 bits per heavy atom. The van der Waals surface area contributed by atoms with Crippen LogP contribution in [0.25, 0.3) is 0 Å². The molecule has 7 heavy (non-hydrogen) atoms. The van der Waals surface area contributed by atoms with Crippen LogP contribution in [0.5, 0.6) is 0 Å². The zero-order valence-electron chi connectivity index (χ0n) is 4.43. The smallest absolute Gasteiger partial charge is 0.102 e. The molecule has 1 unspecified atom stereocenters. The average Bonchev–Trinajstić information content (AvgIpc) is 2.26. The number of rotatable bonds is 0. The minimum atomic E-state index is 0.838. The fourth-order valence-corrected chi connectivity index (χ4v) is 1.70. The molecule has 1 saturated carbocycles. The molecule has 0 radical (unpaired) electrons. The lowest BCUT2D eigenvalue weighted by Gasteiger charge is -1.89. The zero-order valence-corrected chi connectivity index (χ0v) is 4.43. The predicted octanol–water partition coefficient (Wildman–Crippen LogP) is -2.58. The first-order valence-corrected chi connectivity index (χ1v) is 3.04. The molecule has 40 valence electrons. The van der Waals surface area contributed by atoms with Crippen LogP contribution in [0, 0.1) is 11.8 Å². The van der Waals surface area contributed by atoms with Crippen LogP contribution in [0.15, 0.2) is 0 Å². The second-order valence-electron chi connectivity index (χ2n) is 2.75. The summed E-state index contributed by atoms with van der Waals surface area (Å²) in [7, 11) is 0. The van der Waals surface area contributed by atoms with Crippen LogP contribution >= 0.6 is 0 Å². The van der Waals surface area contributed by atoms with Crippen molar-refractivity contribution in [3.8, 4) is 0 Å². The third-order valence-corrected chi connectivity index (χ3v) is 2.39. The molecule has 2 nitrogen and oxygen atoms in total. The quantitative estimate of drug-likeness (QED) is 0.336. The molecule has 0 bridgehead atoms. The van der Waals surface area contributed by atoms with Gasteiger partial charge in [-0.2, -0.15) is 0 Å². The second kappa shape index (κ2) is 1.01. The van der Waals surface area contributed by atoms with E-state index in [9.17, 15) is 0 Å². The highest BCUT2D eigenvalue weighted by Crippen LogP contribution is 2.35. The van der Waals surface area contributed by atoms with Gasteiger partial charge in [-0.25, -0.2) is 0 Å². The van der Waals surface area contributed by atoms with Gasteiger partial charge in [-0.15, -0.1) is 0 Å². The van der Waals surface area contributed by atoms with Crippen molar-refractivity contribution in [1.82, 2.24) is 0 Å². The maximum absolute atomic E-state index is 4.01. The Bertz CT molecular complexity index is 82.1. The largest absolute Gasteiger partial charge is 0.354 e. The SMILES string of the molecule is [NH3+]C1[C@H]2C[NH2+]C[C@@H]12. The summed E-state index contributed by atoms with van der Waals surface area (Å²) in [4.78, 5) is 0. The molecule has 5 N–H and O–H groups in total.